The lowest BCUT2D eigenvalue weighted by molar-refractivity contribution is -0.154. The van der Waals surface area contributed by atoms with Crippen LogP contribution in [0.1, 0.15) is 43.7 Å². The average molecular weight is 274 g/mol. The monoisotopic (exact) mass is 274 g/mol. The molecule has 3 heteroatoms. The third kappa shape index (κ3) is 2.73. The number of Topliss-reactive ketones (excluding diaryl/α,β-unsaturated/α-hetero) is 1. The summed E-state index contributed by atoms with van der Waals surface area (Å²) >= 11 is 0. The van der Waals surface area contributed by atoms with E-state index >= 15 is 0 Å². The van der Waals surface area contributed by atoms with Crippen LogP contribution in [-0.4, -0.2) is 24.6 Å². The van der Waals surface area contributed by atoms with Gasteiger partial charge in [-0.2, -0.15) is 0 Å². The van der Waals surface area contributed by atoms with Gasteiger partial charge in [-0.3, -0.25) is 4.79 Å². The Kier molecular flexibility index (Phi) is 4.06. The molecule has 2 unspecified atom stereocenters. The SMILES string of the molecule is CCCOC1C(=O)CC1Oc1ccc2c(c1)CCCC2. The maximum absolute atomic E-state index is 11.6. The number of ketones is 1. The summed E-state index contributed by atoms with van der Waals surface area (Å²) in [5.41, 5.74) is 2.86. The first-order valence-electron chi connectivity index (χ1n) is 7.70. The van der Waals surface area contributed by atoms with Gasteiger partial charge in [-0.25, -0.2) is 0 Å². The van der Waals surface area contributed by atoms with Crippen molar-refractivity contribution in [1.82, 2.24) is 0 Å². The quantitative estimate of drug-likeness (QED) is 0.827. The smallest absolute Gasteiger partial charge is 0.169 e. The topological polar surface area (TPSA) is 35.5 Å². The van der Waals surface area contributed by atoms with Crippen molar-refractivity contribution in [2.45, 2.75) is 57.7 Å². The van der Waals surface area contributed by atoms with Gasteiger partial charge in [0, 0.05) is 13.0 Å². The molecular weight excluding hydrogens is 252 g/mol. The molecule has 0 amide bonds. The third-order valence-electron chi connectivity index (χ3n) is 4.17. The lowest BCUT2D eigenvalue weighted by atomic mass is 9.89. The minimum absolute atomic E-state index is 0.101. The number of carbonyl (C=O) groups is 1. The molecule has 0 saturated heterocycles. The van der Waals surface area contributed by atoms with Crippen LogP contribution in [0, 0.1) is 0 Å². The molecular formula is C17H22O3. The molecule has 3 nitrogen and oxygen atoms in total. The first-order valence-corrected chi connectivity index (χ1v) is 7.70. The largest absolute Gasteiger partial charge is 0.487 e. The Morgan fingerprint density at radius 3 is 2.75 bits per heavy atom. The van der Waals surface area contributed by atoms with Crippen LogP contribution in [0.2, 0.25) is 0 Å². The molecule has 1 saturated carbocycles. The van der Waals surface area contributed by atoms with E-state index in [-0.39, 0.29) is 18.0 Å². The van der Waals surface area contributed by atoms with Crippen LogP contribution in [0.4, 0.5) is 0 Å². The van der Waals surface area contributed by atoms with E-state index in [1.165, 1.54) is 30.4 Å². The molecule has 20 heavy (non-hydrogen) atoms. The summed E-state index contributed by atoms with van der Waals surface area (Å²) < 4.78 is 11.5. The van der Waals surface area contributed by atoms with Gasteiger partial charge in [0.25, 0.3) is 0 Å². The van der Waals surface area contributed by atoms with Gasteiger partial charge in [-0.05, 0) is 55.4 Å². The molecule has 0 radical (unpaired) electrons. The van der Waals surface area contributed by atoms with Crippen molar-refractivity contribution >= 4 is 5.78 Å². The molecule has 0 heterocycles. The Morgan fingerprint density at radius 1 is 1.20 bits per heavy atom. The Balaban J connectivity index is 1.64. The van der Waals surface area contributed by atoms with Gasteiger partial charge in [0.1, 0.15) is 11.9 Å². The number of ether oxygens (including phenoxy) is 2. The minimum Gasteiger partial charge on any atom is -0.487 e. The number of carbonyl (C=O) groups excluding carboxylic acids is 1. The van der Waals surface area contributed by atoms with E-state index in [2.05, 4.69) is 12.1 Å². The fourth-order valence-corrected chi connectivity index (χ4v) is 2.97. The Hall–Kier alpha value is -1.35. The van der Waals surface area contributed by atoms with Gasteiger partial charge in [-0.15, -0.1) is 0 Å². The first-order chi connectivity index (χ1) is 9.78. The normalized spacial score (nSPS) is 24.9. The zero-order valence-corrected chi connectivity index (χ0v) is 12.1. The van der Waals surface area contributed by atoms with Gasteiger partial charge in [0.15, 0.2) is 11.9 Å². The summed E-state index contributed by atoms with van der Waals surface area (Å²) in [5, 5.41) is 0. The minimum atomic E-state index is -0.356. The highest BCUT2D eigenvalue weighted by Crippen LogP contribution is 2.29. The molecule has 2 aliphatic carbocycles. The van der Waals surface area contributed by atoms with E-state index in [0.29, 0.717) is 13.0 Å². The summed E-state index contributed by atoms with van der Waals surface area (Å²) in [7, 11) is 0. The lowest BCUT2D eigenvalue weighted by Crippen LogP contribution is -2.52. The van der Waals surface area contributed by atoms with Crippen LogP contribution in [0.15, 0.2) is 18.2 Å². The number of benzene rings is 1. The fraction of sp³-hybridized carbons (Fsp3) is 0.588. The van der Waals surface area contributed by atoms with Crippen LogP contribution in [0.25, 0.3) is 0 Å². The zero-order chi connectivity index (χ0) is 13.9. The van der Waals surface area contributed by atoms with E-state index in [1.807, 2.05) is 13.0 Å². The molecule has 2 aliphatic rings. The van der Waals surface area contributed by atoms with Crippen molar-refractivity contribution in [3.8, 4) is 5.75 Å². The van der Waals surface area contributed by atoms with Crippen LogP contribution in [0.5, 0.6) is 5.75 Å². The van der Waals surface area contributed by atoms with Crippen molar-refractivity contribution in [1.29, 1.82) is 0 Å². The van der Waals surface area contributed by atoms with Gasteiger partial charge in [-0.1, -0.05) is 13.0 Å². The summed E-state index contributed by atoms with van der Waals surface area (Å²) in [6.45, 7) is 2.67. The van der Waals surface area contributed by atoms with Crippen molar-refractivity contribution in [2.75, 3.05) is 6.61 Å². The first kappa shape index (κ1) is 13.6. The summed E-state index contributed by atoms with van der Waals surface area (Å²) in [5.74, 6) is 1.05. The molecule has 1 fully saturated rings. The lowest BCUT2D eigenvalue weighted by Gasteiger charge is -2.34. The van der Waals surface area contributed by atoms with E-state index < -0.39 is 0 Å². The second kappa shape index (κ2) is 5.96. The molecule has 0 aromatic heterocycles. The average Bonchev–Trinajstić information content (AvgIpc) is 2.47. The van der Waals surface area contributed by atoms with Gasteiger partial charge in [0.05, 0.1) is 0 Å². The number of aryl methyl sites for hydroxylation is 2. The highest BCUT2D eigenvalue weighted by Gasteiger charge is 2.42. The zero-order valence-electron chi connectivity index (χ0n) is 12.1. The van der Waals surface area contributed by atoms with Crippen molar-refractivity contribution in [2.24, 2.45) is 0 Å². The number of rotatable bonds is 5. The summed E-state index contributed by atoms with van der Waals surface area (Å²) in [6, 6.07) is 6.35. The van der Waals surface area contributed by atoms with Crippen LogP contribution >= 0.6 is 0 Å². The second-order valence-corrected chi connectivity index (χ2v) is 5.76. The molecule has 1 aromatic rings. The Morgan fingerprint density at radius 2 is 2.00 bits per heavy atom. The van der Waals surface area contributed by atoms with E-state index in [9.17, 15) is 4.79 Å². The number of hydrogen-bond donors (Lipinski definition) is 0. The molecule has 3 rings (SSSR count). The third-order valence-corrected chi connectivity index (χ3v) is 4.17. The van der Waals surface area contributed by atoms with Gasteiger partial charge >= 0.3 is 0 Å². The molecule has 0 aliphatic heterocycles. The van der Waals surface area contributed by atoms with E-state index in [0.717, 1.165) is 18.6 Å². The predicted octanol–water partition coefficient (Wildman–Crippen LogP) is 3.08. The predicted molar refractivity (Wildman–Crippen MR) is 77.2 cm³/mol. The molecule has 0 bridgehead atoms. The summed E-state index contributed by atoms with van der Waals surface area (Å²) in [6.07, 6.45) is 5.83. The Labute approximate surface area is 120 Å². The molecule has 2 atom stereocenters. The molecule has 108 valence electrons. The van der Waals surface area contributed by atoms with Crippen molar-refractivity contribution < 1.29 is 14.3 Å². The maximum atomic E-state index is 11.6. The summed E-state index contributed by atoms with van der Waals surface area (Å²) in [4.78, 5) is 11.6. The van der Waals surface area contributed by atoms with Gasteiger partial charge < -0.3 is 9.47 Å². The molecule has 1 aromatic carbocycles. The van der Waals surface area contributed by atoms with Crippen LogP contribution < -0.4 is 4.74 Å². The highest BCUT2D eigenvalue weighted by molar-refractivity contribution is 5.90. The second-order valence-electron chi connectivity index (χ2n) is 5.76. The highest BCUT2D eigenvalue weighted by atomic mass is 16.5. The molecule has 0 spiro atoms. The van der Waals surface area contributed by atoms with Gasteiger partial charge in [0.2, 0.25) is 0 Å². The van der Waals surface area contributed by atoms with Crippen molar-refractivity contribution in [3.05, 3.63) is 29.3 Å². The van der Waals surface area contributed by atoms with Crippen LogP contribution in [0.3, 0.4) is 0 Å². The van der Waals surface area contributed by atoms with E-state index in [4.69, 9.17) is 9.47 Å². The Bertz CT molecular complexity index is 495. The standard InChI is InChI=1S/C17H22O3/c1-2-9-19-17-15(18)11-16(17)20-14-8-7-12-5-3-4-6-13(12)10-14/h7-8,10,16-17H,2-6,9,11H2,1H3. The van der Waals surface area contributed by atoms with Crippen LogP contribution in [-0.2, 0) is 22.4 Å². The fourth-order valence-electron chi connectivity index (χ4n) is 2.97. The van der Waals surface area contributed by atoms with Crippen molar-refractivity contribution in [3.63, 3.8) is 0 Å². The number of fused-ring (bicyclic) bond motifs is 1. The number of hydrogen-bond acceptors (Lipinski definition) is 3. The molecule has 0 N–H and O–H groups in total. The maximum Gasteiger partial charge on any atom is 0.169 e. The van der Waals surface area contributed by atoms with E-state index in [1.54, 1.807) is 0 Å².